The maximum absolute atomic E-state index is 12.0. The Labute approximate surface area is 121 Å². The summed E-state index contributed by atoms with van der Waals surface area (Å²) in [6.07, 6.45) is 4.73. The van der Waals surface area contributed by atoms with E-state index < -0.39 is 0 Å². The molecule has 1 aromatic heterocycles. The van der Waals surface area contributed by atoms with Crippen LogP contribution in [0.4, 0.5) is 4.39 Å². The van der Waals surface area contributed by atoms with Gasteiger partial charge in [-0.15, -0.1) is 0 Å². The van der Waals surface area contributed by atoms with Gasteiger partial charge in [-0.2, -0.15) is 0 Å². The minimum atomic E-state index is -0.171. The number of alkyl halides is 1. The molecule has 0 aliphatic carbocycles. The average Bonchev–Trinajstić information content (AvgIpc) is 2.52. The number of nitrogens with zero attached hydrogens (tertiary/aromatic N) is 3. The quantitative estimate of drug-likeness (QED) is 0.715. The van der Waals surface area contributed by atoms with E-state index in [1.165, 1.54) is 0 Å². The highest BCUT2D eigenvalue weighted by Gasteiger charge is 2.22. The van der Waals surface area contributed by atoms with Gasteiger partial charge in [0.05, 0.1) is 12.4 Å². The van der Waals surface area contributed by atoms with Crippen LogP contribution in [0.1, 0.15) is 37.9 Å². The maximum Gasteiger partial charge on any atom is 0.0894 e. The summed E-state index contributed by atoms with van der Waals surface area (Å²) in [6, 6.07) is 6.52. The van der Waals surface area contributed by atoms with Gasteiger partial charge in [-0.05, 0) is 44.9 Å². The monoisotopic (exact) mass is 279 g/mol. The number of unbranched alkanes of at least 4 members (excludes halogenated alkanes) is 2. The molecule has 20 heavy (non-hydrogen) atoms. The fraction of sp³-hybridized carbons (Fsp3) is 0.688. The first-order valence-corrected chi connectivity index (χ1v) is 7.74. The molecular formula is C16H26FN3. The predicted octanol–water partition coefficient (Wildman–Crippen LogP) is 2.90. The summed E-state index contributed by atoms with van der Waals surface area (Å²) < 4.78 is 12.0. The molecule has 2 rings (SSSR count). The van der Waals surface area contributed by atoms with Gasteiger partial charge in [0.1, 0.15) is 0 Å². The summed E-state index contributed by atoms with van der Waals surface area (Å²) >= 11 is 0. The Kier molecular flexibility index (Phi) is 6.40. The van der Waals surface area contributed by atoms with Gasteiger partial charge in [0.15, 0.2) is 0 Å². The van der Waals surface area contributed by atoms with Crippen LogP contribution < -0.4 is 0 Å². The zero-order valence-electron chi connectivity index (χ0n) is 12.5. The van der Waals surface area contributed by atoms with E-state index >= 15 is 0 Å². The fourth-order valence-corrected chi connectivity index (χ4v) is 2.79. The van der Waals surface area contributed by atoms with Gasteiger partial charge in [-0.3, -0.25) is 14.3 Å². The van der Waals surface area contributed by atoms with Crippen LogP contribution in [0.5, 0.6) is 0 Å². The first-order chi connectivity index (χ1) is 9.81. The van der Waals surface area contributed by atoms with Crippen molar-refractivity contribution in [3.05, 3.63) is 30.1 Å². The number of aromatic nitrogens is 1. The largest absolute Gasteiger partial charge is 0.301 e. The zero-order valence-corrected chi connectivity index (χ0v) is 12.5. The molecule has 0 radical (unpaired) electrons. The van der Waals surface area contributed by atoms with Gasteiger partial charge in [0.25, 0.3) is 0 Å². The molecule has 0 N–H and O–H groups in total. The normalized spacial score (nSPS) is 19.1. The van der Waals surface area contributed by atoms with Crippen LogP contribution in [0, 0.1) is 0 Å². The van der Waals surface area contributed by atoms with E-state index in [1.807, 2.05) is 12.3 Å². The Hall–Kier alpha value is -1.00. The molecule has 0 unspecified atom stereocenters. The van der Waals surface area contributed by atoms with Crippen molar-refractivity contribution >= 4 is 0 Å². The summed E-state index contributed by atoms with van der Waals surface area (Å²) in [5, 5.41) is 0. The Morgan fingerprint density at radius 2 is 1.95 bits per heavy atom. The average molecular weight is 279 g/mol. The summed E-state index contributed by atoms with van der Waals surface area (Å²) in [5.74, 6) is 0. The standard InChI is InChI=1S/C16H26FN3/c1-15(16-7-3-5-9-18-16)20-13-11-19(12-14-20)10-6-2-4-8-17/h3,5,7,9,15H,2,4,6,8,10-14H2,1H3/t15-/m0/s1. The smallest absolute Gasteiger partial charge is 0.0894 e. The molecule has 2 heterocycles. The molecule has 0 saturated carbocycles. The molecule has 112 valence electrons. The number of halogens is 1. The lowest BCUT2D eigenvalue weighted by Gasteiger charge is -2.37. The van der Waals surface area contributed by atoms with E-state index in [1.54, 1.807) is 0 Å². The molecule has 1 aliphatic heterocycles. The van der Waals surface area contributed by atoms with E-state index in [0.717, 1.165) is 57.7 Å². The molecule has 1 fully saturated rings. The van der Waals surface area contributed by atoms with E-state index in [4.69, 9.17) is 0 Å². The fourth-order valence-electron chi connectivity index (χ4n) is 2.79. The molecular weight excluding hydrogens is 253 g/mol. The van der Waals surface area contributed by atoms with Gasteiger partial charge in [-0.25, -0.2) is 0 Å². The topological polar surface area (TPSA) is 19.4 Å². The minimum Gasteiger partial charge on any atom is -0.301 e. The molecule has 0 aromatic carbocycles. The second-order valence-electron chi connectivity index (χ2n) is 5.56. The molecule has 1 aromatic rings. The SMILES string of the molecule is C[C@@H](c1ccccn1)N1CCN(CCCCCF)CC1. The molecule has 1 saturated heterocycles. The lowest BCUT2D eigenvalue weighted by molar-refractivity contribution is 0.0994. The Morgan fingerprint density at radius 3 is 2.60 bits per heavy atom. The molecule has 0 spiro atoms. The molecule has 0 bridgehead atoms. The Bertz CT molecular complexity index is 363. The number of hydrogen-bond donors (Lipinski definition) is 0. The molecule has 3 nitrogen and oxygen atoms in total. The van der Waals surface area contributed by atoms with Crippen LogP contribution in [-0.2, 0) is 0 Å². The highest BCUT2D eigenvalue weighted by atomic mass is 19.1. The van der Waals surface area contributed by atoms with Crippen LogP contribution in [0.2, 0.25) is 0 Å². The third-order valence-corrected chi connectivity index (χ3v) is 4.18. The molecule has 1 aliphatic rings. The van der Waals surface area contributed by atoms with Crippen LogP contribution in [0.3, 0.4) is 0 Å². The lowest BCUT2D eigenvalue weighted by atomic mass is 10.1. The van der Waals surface area contributed by atoms with Crippen molar-refractivity contribution in [3.63, 3.8) is 0 Å². The number of pyridine rings is 1. The first-order valence-electron chi connectivity index (χ1n) is 7.74. The van der Waals surface area contributed by atoms with E-state index in [-0.39, 0.29) is 6.67 Å². The third kappa shape index (κ3) is 4.53. The van der Waals surface area contributed by atoms with Crippen molar-refractivity contribution < 1.29 is 4.39 Å². The van der Waals surface area contributed by atoms with E-state index in [0.29, 0.717) is 6.04 Å². The highest BCUT2D eigenvalue weighted by Crippen LogP contribution is 2.19. The third-order valence-electron chi connectivity index (χ3n) is 4.18. The van der Waals surface area contributed by atoms with Crippen molar-refractivity contribution in [2.45, 2.75) is 32.2 Å². The number of hydrogen-bond acceptors (Lipinski definition) is 3. The van der Waals surface area contributed by atoms with Crippen LogP contribution >= 0.6 is 0 Å². The lowest BCUT2D eigenvalue weighted by Crippen LogP contribution is -2.47. The van der Waals surface area contributed by atoms with Crippen molar-refractivity contribution in [2.24, 2.45) is 0 Å². The van der Waals surface area contributed by atoms with Crippen molar-refractivity contribution in [3.8, 4) is 0 Å². The number of piperazine rings is 1. The van der Waals surface area contributed by atoms with Crippen LogP contribution in [0.25, 0.3) is 0 Å². The highest BCUT2D eigenvalue weighted by molar-refractivity contribution is 5.08. The van der Waals surface area contributed by atoms with Gasteiger partial charge in [-0.1, -0.05) is 6.07 Å². The predicted molar refractivity (Wildman–Crippen MR) is 80.5 cm³/mol. The summed E-state index contributed by atoms with van der Waals surface area (Å²) in [6.45, 7) is 7.61. The van der Waals surface area contributed by atoms with Crippen LogP contribution in [-0.4, -0.2) is 54.2 Å². The Balaban J connectivity index is 1.71. The van der Waals surface area contributed by atoms with Gasteiger partial charge in [0.2, 0.25) is 0 Å². The van der Waals surface area contributed by atoms with Gasteiger partial charge < -0.3 is 4.90 Å². The van der Waals surface area contributed by atoms with Crippen molar-refractivity contribution in [1.29, 1.82) is 0 Å². The second kappa shape index (κ2) is 8.32. The van der Waals surface area contributed by atoms with Gasteiger partial charge in [0, 0.05) is 38.4 Å². The summed E-state index contributed by atoms with van der Waals surface area (Å²) in [7, 11) is 0. The number of rotatable bonds is 7. The second-order valence-corrected chi connectivity index (χ2v) is 5.56. The van der Waals surface area contributed by atoms with E-state index in [2.05, 4.69) is 33.8 Å². The van der Waals surface area contributed by atoms with E-state index in [9.17, 15) is 4.39 Å². The summed E-state index contributed by atoms with van der Waals surface area (Å²) in [5.41, 5.74) is 1.16. The molecule has 1 atom stereocenters. The van der Waals surface area contributed by atoms with Crippen LogP contribution in [0.15, 0.2) is 24.4 Å². The van der Waals surface area contributed by atoms with Gasteiger partial charge >= 0.3 is 0 Å². The first kappa shape index (κ1) is 15.4. The summed E-state index contributed by atoms with van der Waals surface area (Å²) in [4.78, 5) is 9.45. The zero-order chi connectivity index (χ0) is 14.2. The molecule has 0 amide bonds. The van der Waals surface area contributed by atoms with Crippen molar-refractivity contribution in [1.82, 2.24) is 14.8 Å². The van der Waals surface area contributed by atoms with Crippen molar-refractivity contribution in [2.75, 3.05) is 39.4 Å². The minimum absolute atomic E-state index is 0.171. The Morgan fingerprint density at radius 1 is 1.15 bits per heavy atom. The maximum atomic E-state index is 12.0. The molecule has 4 heteroatoms.